The first-order valence-electron chi connectivity index (χ1n) is 5.99. The van der Waals surface area contributed by atoms with Gasteiger partial charge in [-0.05, 0) is 18.4 Å². The first-order chi connectivity index (χ1) is 8.47. The molecule has 0 amide bonds. The molecule has 2 rings (SSSR count). The van der Waals surface area contributed by atoms with Crippen molar-refractivity contribution in [3.8, 4) is 0 Å². The Hall–Kier alpha value is -1.07. The maximum atomic E-state index is 12.9. The molecule has 0 aliphatic carbocycles. The second-order valence-electron chi connectivity index (χ2n) is 4.70. The van der Waals surface area contributed by atoms with E-state index >= 15 is 0 Å². The van der Waals surface area contributed by atoms with Gasteiger partial charge in [0.2, 0.25) is 0 Å². The van der Waals surface area contributed by atoms with E-state index in [9.17, 15) is 18.3 Å². The molecule has 1 N–H and O–H groups in total. The predicted octanol–water partition coefficient (Wildman–Crippen LogP) is 2.57. The van der Waals surface area contributed by atoms with Gasteiger partial charge in [0.15, 0.2) is 0 Å². The second kappa shape index (κ2) is 5.28. The number of halogens is 3. The van der Waals surface area contributed by atoms with E-state index in [2.05, 4.69) is 0 Å². The van der Waals surface area contributed by atoms with Gasteiger partial charge in [-0.25, -0.2) is 0 Å². The molecule has 2 atom stereocenters. The highest BCUT2D eigenvalue weighted by Crippen LogP contribution is 2.32. The molecular weight excluding hydrogens is 243 g/mol. The maximum Gasteiger partial charge on any atom is 0.404 e. The Morgan fingerprint density at radius 3 is 2.44 bits per heavy atom. The third-order valence-corrected chi connectivity index (χ3v) is 3.27. The van der Waals surface area contributed by atoms with Gasteiger partial charge in [0.05, 0.1) is 6.10 Å². The number of nitrogens with zero attached hydrogens (tertiary/aromatic N) is 1. The fourth-order valence-electron chi connectivity index (χ4n) is 2.39. The fourth-order valence-corrected chi connectivity index (χ4v) is 2.39. The Balaban J connectivity index is 2.11. The molecule has 1 saturated heterocycles. The molecule has 1 aliphatic heterocycles. The van der Waals surface area contributed by atoms with Crippen LogP contribution in [0.1, 0.15) is 18.4 Å². The van der Waals surface area contributed by atoms with Crippen molar-refractivity contribution in [1.29, 1.82) is 0 Å². The monoisotopic (exact) mass is 259 g/mol. The third-order valence-electron chi connectivity index (χ3n) is 3.27. The van der Waals surface area contributed by atoms with Crippen LogP contribution in [-0.2, 0) is 6.54 Å². The van der Waals surface area contributed by atoms with Crippen molar-refractivity contribution in [2.24, 2.45) is 0 Å². The van der Waals surface area contributed by atoms with Gasteiger partial charge in [-0.1, -0.05) is 30.3 Å². The number of aliphatic hydroxyl groups excluding tert-OH is 1. The SMILES string of the molecule is OC1CCC(C(F)(F)F)N(Cc2ccccc2)C1. The van der Waals surface area contributed by atoms with Crippen molar-refractivity contribution in [3.63, 3.8) is 0 Å². The van der Waals surface area contributed by atoms with E-state index in [-0.39, 0.29) is 25.9 Å². The van der Waals surface area contributed by atoms with Crippen LogP contribution < -0.4 is 0 Å². The first-order valence-corrected chi connectivity index (χ1v) is 5.99. The summed E-state index contributed by atoms with van der Waals surface area (Å²) < 4.78 is 38.7. The lowest BCUT2D eigenvalue weighted by Gasteiger charge is -2.38. The molecule has 0 saturated carbocycles. The largest absolute Gasteiger partial charge is 0.404 e. The van der Waals surface area contributed by atoms with Crippen LogP contribution in [0.15, 0.2) is 30.3 Å². The highest BCUT2D eigenvalue weighted by molar-refractivity contribution is 5.15. The lowest BCUT2D eigenvalue weighted by molar-refractivity contribution is -0.199. The number of β-amino-alcohol motifs (C(OH)–C–C–N with tert-alkyl or cyclic N) is 1. The van der Waals surface area contributed by atoms with E-state index in [1.807, 2.05) is 6.07 Å². The summed E-state index contributed by atoms with van der Waals surface area (Å²) in [5, 5.41) is 9.53. The fraction of sp³-hybridized carbons (Fsp3) is 0.538. The van der Waals surface area contributed by atoms with E-state index in [4.69, 9.17) is 0 Å². The Kier molecular flexibility index (Phi) is 3.92. The van der Waals surface area contributed by atoms with Crippen molar-refractivity contribution < 1.29 is 18.3 Å². The molecule has 0 radical (unpaired) electrons. The Bertz CT molecular complexity index is 380. The van der Waals surface area contributed by atoms with Gasteiger partial charge in [-0.15, -0.1) is 0 Å². The van der Waals surface area contributed by atoms with Crippen LogP contribution in [0.4, 0.5) is 13.2 Å². The molecule has 2 unspecified atom stereocenters. The summed E-state index contributed by atoms with van der Waals surface area (Å²) in [6.07, 6.45) is -4.70. The van der Waals surface area contributed by atoms with Crippen LogP contribution in [0.25, 0.3) is 0 Å². The number of hydrogen-bond acceptors (Lipinski definition) is 2. The molecule has 1 aliphatic rings. The minimum atomic E-state index is -4.23. The predicted molar refractivity (Wildman–Crippen MR) is 61.9 cm³/mol. The van der Waals surface area contributed by atoms with E-state index in [0.29, 0.717) is 0 Å². The van der Waals surface area contributed by atoms with E-state index in [1.54, 1.807) is 24.3 Å². The zero-order valence-corrected chi connectivity index (χ0v) is 9.90. The van der Waals surface area contributed by atoms with Gasteiger partial charge in [-0.3, -0.25) is 4.90 Å². The zero-order valence-electron chi connectivity index (χ0n) is 9.90. The molecular formula is C13H16F3NO. The molecule has 1 fully saturated rings. The van der Waals surface area contributed by atoms with Crippen molar-refractivity contribution >= 4 is 0 Å². The van der Waals surface area contributed by atoms with Crippen LogP contribution in [0.2, 0.25) is 0 Å². The number of rotatable bonds is 2. The van der Waals surface area contributed by atoms with Crippen molar-refractivity contribution in [2.45, 2.75) is 37.7 Å². The molecule has 2 nitrogen and oxygen atoms in total. The summed E-state index contributed by atoms with van der Waals surface area (Å²) in [5.74, 6) is 0. The van der Waals surface area contributed by atoms with Crippen molar-refractivity contribution in [3.05, 3.63) is 35.9 Å². The number of aliphatic hydroxyl groups is 1. The summed E-state index contributed by atoms with van der Waals surface area (Å²) in [4.78, 5) is 1.32. The van der Waals surface area contributed by atoms with E-state index in [0.717, 1.165) is 5.56 Å². The van der Waals surface area contributed by atoms with E-state index in [1.165, 1.54) is 4.90 Å². The number of likely N-dealkylation sites (tertiary alicyclic amines) is 1. The first kappa shape index (κ1) is 13.4. The molecule has 100 valence electrons. The molecule has 5 heteroatoms. The van der Waals surface area contributed by atoms with Gasteiger partial charge in [0.1, 0.15) is 6.04 Å². The average molecular weight is 259 g/mol. The van der Waals surface area contributed by atoms with Crippen LogP contribution >= 0.6 is 0 Å². The minimum absolute atomic E-state index is 0.0303. The Morgan fingerprint density at radius 1 is 1.17 bits per heavy atom. The van der Waals surface area contributed by atoms with Gasteiger partial charge in [-0.2, -0.15) is 13.2 Å². The number of alkyl halides is 3. The lowest BCUT2D eigenvalue weighted by atomic mass is 9.99. The van der Waals surface area contributed by atoms with Crippen LogP contribution in [0.3, 0.4) is 0 Å². The second-order valence-corrected chi connectivity index (χ2v) is 4.70. The molecule has 0 spiro atoms. The van der Waals surface area contributed by atoms with Gasteiger partial charge >= 0.3 is 6.18 Å². The minimum Gasteiger partial charge on any atom is -0.392 e. The summed E-state index contributed by atoms with van der Waals surface area (Å²) in [5.41, 5.74) is 0.834. The molecule has 1 aromatic rings. The van der Waals surface area contributed by atoms with Gasteiger partial charge in [0, 0.05) is 13.1 Å². The normalized spacial score (nSPS) is 26.2. The molecule has 0 aromatic heterocycles. The smallest absolute Gasteiger partial charge is 0.392 e. The van der Waals surface area contributed by atoms with Crippen LogP contribution in [-0.4, -0.2) is 34.9 Å². The molecule has 1 aromatic carbocycles. The standard InChI is InChI=1S/C13H16F3NO/c14-13(15,16)12-7-6-11(18)9-17(12)8-10-4-2-1-3-5-10/h1-5,11-12,18H,6-9H2. The van der Waals surface area contributed by atoms with Gasteiger partial charge in [0.25, 0.3) is 0 Å². The lowest BCUT2D eigenvalue weighted by Crippen LogP contribution is -2.51. The molecule has 18 heavy (non-hydrogen) atoms. The van der Waals surface area contributed by atoms with Gasteiger partial charge < -0.3 is 5.11 Å². The summed E-state index contributed by atoms with van der Waals surface area (Å²) >= 11 is 0. The van der Waals surface area contributed by atoms with Crippen molar-refractivity contribution in [2.75, 3.05) is 6.54 Å². The number of piperidine rings is 1. The Morgan fingerprint density at radius 2 is 1.83 bits per heavy atom. The number of benzene rings is 1. The highest BCUT2D eigenvalue weighted by Gasteiger charge is 2.45. The average Bonchev–Trinajstić information content (AvgIpc) is 2.28. The van der Waals surface area contributed by atoms with Crippen LogP contribution in [0, 0.1) is 0 Å². The summed E-state index contributed by atoms with van der Waals surface area (Å²) in [7, 11) is 0. The summed E-state index contributed by atoms with van der Waals surface area (Å²) in [6.45, 7) is 0.307. The van der Waals surface area contributed by atoms with E-state index < -0.39 is 18.3 Å². The maximum absolute atomic E-state index is 12.9. The van der Waals surface area contributed by atoms with Crippen molar-refractivity contribution in [1.82, 2.24) is 4.90 Å². The zero-order chi connectivity index (χ0) is 13.2. The Labute approximate surface area is 104 Å². The third kappa shape index (κ3) is 3.23. The number of hydrogen-bond donors (Lipinski definition) is 1. The summed E-state index contributed by atoms with van der Waals surface area (Å²) in [6, 6.07) is 7.59. The highest BCUT2D eigenvalue weighted by atomic mass is 19.4. The quantitative estimate of drug-likeness (QED) is 0.882. The van der Waals surface area contributed by atoms with Crippen LogP contribution in [0.5, 0.6) is 0 Å². The topological polar surface area (TPSA) is 23.5 Å². The molecule has 0 bridgehead atoms. The molecule has 1 heterocycles.